The van der Waals surface area contributed by atoms with E-state index < -0.39 is 0 Å². The van der Waals surface area contributed by atoms with Crippen LogP contribution in [0.25, 0.3) is 50.6 Å². The van der Waals surface area contributed by atoms with Gasteiger partial charge < -0.3 is 35.3 Å². The Morgan fingerprint density at radius 1 is 0.648 bits per heavy atom. The summed E-state index contributed by atoms with van der Waals surface area (Å²) in [7, 11) is 0. The van der Waals surface area contributed by atoms with E-state index >= 15 is 0 Å². The summed E-state index contributed by atoms with van der Waals surface area (Å²) in [5.41, 5.74) is 9.17. The summed E-state index contributed by atoms with van der Waals surface area (Å²) < 4.78 is 8.41. The number of benzene rings is 3. The van der Waals surface area contributed by atoms with Crippen LogP contribution in [0.15, 0.2) is 85.8 Å². The van der Waals surface area contributed by atoms with Crippen LogP contribution < -0.4 is 19.7 Å². The largest absolute Gasteiger partial charge is 0.508 e. The van der Waals surface area contributed by atoms with Gasteiger partial charge in [0.05, 0.1) is 24.6 Å². The average Bonchev–Trinajstić information content (AvgIpc) is 4.22. The van der Waals surface area contributed by atoms with Gasteiger partial charge in [0.15, 0.2) is 11.3 Å². The Balaban J connectivity index is 0.934. The van der Waals surface area contributed by atoms with E-state index in [4.69, 9.17) is 34.9 Å². The molecule has 2 fully saturated rings. The van der Waals surface area contributed by atoms with Gasteiger partial charge in [-0.25, -0.2) is 29.5 Å². The third-order valence-corrected chi connectivity index (χ3v) is 14.3. The van der Waals surface area contributed by atoms with Crippen molar-refractivity contribution in [3.63, 3.8) is 0 Å². The first kappa shape index (κ1) is 45.5. The number of phenolic OH excluding ortho intramolecular Hbond substituents is 3. The fourth-order valence-corrected chi connectivity index (χ4v) is 10.1. The number of imidazole rings is 3. The molecule has 2 aliphatic rings. The molecule has 4 N–H and O–H groups in total. The van der Waals surface area contributed by atoms with Crippen molar-refractivity contribution in [3.05, 3.63) is 108 Å². The highest BCUT2D eigenvalue weighted by molar-refractivity contribution is 5.76. The molecule has 0 amide bonds. The number of rotatable bonds is 14. The first-order chi connectivity index (χ1) is 34.5. The molecular weight excluding hydrogens is 897 g/mol. The topological polar surface area (TPSA) is 204 Å². The zero-order chi connectivity index (χ0) is 48.9. The number of aryl methyl sites for hydroxylation is 3. The van der Waals surface area contributed by atoms with Crippen LogP contribution in [0.4, 0.5) is 17.8 Å². The number of phenols is 3. The quantitative estimate of drug-likeness (QED) is 0.0788. The highest BCUT2D eigenvalue weighted by atomic mass is 16.3. The Morgan fingerprint density at radius 2 is 1.24 bits per heavy atom. The molecule has 0 aliphatic carbocycles. The van der Waals surface area contributed by atoms with Crippen molar-refractivity contribution >= 4 is 51.3 Å². The second-order valence-corrected chi connectivity index (χ2v) is 18.8. The summed E-state index contributed by atoms with van der Waals surface area (Å²) in [4.78, 5) is 46.8. The summed E-state index contributed by atoms with van der Waals surface area (Å²) in [6.45, 7) is 15.9. The van der Waals surface area contributed by atoms with Crippen molar-refractivity contribution in [2.24, 2.45) is 0 Å². The minimum Gasteiger partial charge on any atom is -0.508 e. The molecule has 8 heterocycles. The normalized spacial score (nSPS) is 15.0. The van der Waals surface area contributed by atoms with Gasteiger partial charge >= 0.3 is 0 Å². The van der Waals surface area contributed by atoms with Crippen LogP contribution in [-0.2, 0) is 0 Å². The number of hydrogen-bond acceptors (Lipinski definition) is 15. The lowest BCUT2D eigenvalue weighted by atomic mass is 10.1. The number of piperidine rings is 1. The Kier molecular flexibility index (Phi) is 12.0. The van der Waals surface area contributed by atoms with Gasteiger partial charge in [-0.2, -0.15) is 19.5 Å². The Bertz CT molecular complexity index is 3420. The summed E-state index contributed by atoms with van der Waals surface area (Å²) >= 11 is 0. The van der Waals surface area contributed by atoms with Gasteiger partial charge in [-0.3, -0.25) is 9.13 Å². The maximum atomic E-state index is 10.7. The minimum atomic E-state index is -0.386. The maximum absolute atomic E-state index is 10.7. The van der Waals surface area contributed by atoms with E-state index in [0.717, 1.165) is 109 Å². The van der Waals surface area contributed by atoms with Crippen molar-refractivity contribution in [2.45, 2.75) is 78.8 Å². The summed E-state index contributed by atoms with van der Waals surface area (Å²) in [6, 6.07) is 16.4. The second kappa shape index (κ2) is 18.8. The fourth-order valence-electron chi connectivity index (χ4n) is 10.1. The lowest BCUT2D eigenvalue weighted by molar-refractivity contribution is -0.700. The molecule has 0 bridgehead atoms. The molecule has 19 heteroatoms. The standard InChI is InChI=1S/C52H58N16O3/c1-6-62(7-2)21-18-39(58-50-53-27-40-46(59-50)65(30-56-40)36-10-13-43(69)32(3)24-36)47-57-41-28-54-51(60-48(41)68(47)38-12-15-45(71)34(5)26-38)64-22-16-35(17-23-64)66-31-67(37-11-14-44(70)33(4)25-37)49-42(66)29-55-52(61-49)63-19-8-9-20-63/h10-15,24-31,35,39H,6-9,16-23H2,1-5H3,(H3-,53,58,59,69,70,71)/p+1. The number of aromatic hydroxyl groups is 3. The highest BCUT2D eigenvalue weighted by Crippen LogP contribution is 2.33. The van der Waals surface area contributed by atoms with Gasteiger partial charge in [0.2, 0.25) is 23.4 Å². The summed E-state index contributed by atoms with van der Waals surface area (Å²) in [6.07, 6.45) is 14.0. The smallest absolute Gasteiger partial charge is 0.278 e. The average molecular weight is 956 g/mol. The maximum Gasteiger partial charge on any atom is 0.278 e. The Morgan fingerprint density at radius 3 is 1.90 bits per heavy atom. The molecule has 0 spiro atoms. The number of anilines is 3. The Hall–Kier alpha value is -7.93. The molecule has 1 unspecified atom stereocenters. The van der Waals surface area contributed by atoms with Gasteiger partial charge in [-0.05, 0) is 124 Å². The van der Waals surface area contributed by atoms with Gasteiger partial charge in [-0.1, -0.05) is 13.8 Å². The molecule has 0 radical (unpaired) electrons. The van der Waals surface area contributed by atoms with Crippen LogP contribution in [0.5, 0.6) is 17.2 Å². The van der Waals surface area contributed by atoms with Crippen molar-refractivity contribution in [2.75, 3.05) is 60.9 Å². The number of hydrogen-bond donors (Lipinski definition) is 4. The van der Waals surface area contributed by atoms with E-state index in [1.54, 1.807) is 30.7 Å². The fraction of sp³-hybridized carbons (Fsp3) is 0.365. The lowest BCUT2D eigenvalue weighted by Gasteiger charge is -2.30. The van der Waals surface area contributed by atoms with Crippen LogP contribution in [0.2, 0.25) is 0 Å². The second-order valence-electron chi connectivity index (χ2n) is 18.8. The van der Waals surface area contributed by atoms with Crippen LogP contribution in [0.3, 0.4) is 0 Å². The van der Waals surface area contributed by atoms with Crippen molar-refractivity contribution in [1.82, 2.24) is 58.5 Å². The summed E-state index contributed by atoms with van der Waals surface area (Å²) in [5.74, 6) is 3.16. The van der Waals surface area contributed by atoms with Crippen molar-refractivity contribution in [1.29, 1.82) is 0 Å². The molecular formula is C52H59N16O3+. The van der Waals surface area contributed by atoms with Crippen LogP contribution in [0.1, 0.15) is 80.6 Å². The zero-order valence-corrected chi connectivity index (χ0v) is 40.8. The molecule has 0 saturated carbocycles. The SMILES string of the molecule is CCN(CC)CCC(Nc1ncc2ncn(-c3ccc(O)c(C)c3)c2n1)c1nc2cnc(N3CCC([n+]4cn(-c5ccc(O)c(C)c5)c5nc(N6CCCC6)ncc54)CC3)nc2n1-c1ccc(O)c(C)c1. The van der Waals surface area contributed by atoms with Crippen LogP contribution >= 0.6 is 0 Å². The zero-order valence-electron chi connectivity index (χ0n) is 40.8. The molecule has 9 aromatic rings. The molecule has 2 saturated heterocycles. The molecule has 2 aliphatic heterocycles. The molecule has 1 atom stereocenters. The van der Waals surface area contributed by atoms with Crippen LogP contribution in [-0.4, -0.2) is 120 Å². The van der Waals surface area contributed by atoms with Crippen LogP contribution in [0, 0.1) is 20.8 Å². The molecule has 19 nitrogen and oxygen atoms in total. The number of nitrogens with one attached hydrogen (secondary N) is 1. The molecule has 71 heavy (non-hydrogen) atoms. The van der Waals surface area contributed by atoms with Gasteiger partial charge in [0.1, 0.15) is 52.2 Å². The van der Waals surface area contributed by atoms with E-state index in [9.17, 15) is 15.3 Å². The monoisotopic (exact) mass is 955 g/mol. The first-order valence-electron chi connectivity index (χ1n) is 24.7. The van der Waals surface area contributed by atoms with Gasteiger partial charge in [-0.15, -0.1) is 0 Å². The van der Waals surface area contributed by atoms with Gasteiger partial charge in [0.25, 0.3) is 12.0 Å². The number of aromatic nitrogens is 12. The third-order valence-electron chi connectivity index (χ3n) is 14.3. The van der Waals surface area contributed by atoms with Crippen molar-refractivity contribution in [3.8, 4) is 34.3 Å². The van der Waals surface area contributed by atoms with E-state index in [1.165, 1.54) is 0 Å². The lowest BCUT2D eigenvalue weighted by Crippen LogP contribution is -2.46. The van der Waals surface area contributed by atoms with Gasteiger partial charge in [0, 0.05) is 56.9 Å². The predicted octanol–water partition coefficient (Wildman–Crippen LogP) is 7.33. The minimum absolute atomic E-state index is 0.165. The van der Waals surface area contributed by atoms with E-state index in [-0.39, 0.29) is 29.3 Å². The molecule has 3 aromatic carbocycles. The summed E-state index contributed by atoms with van der Waals surface area (Å²) in [5, 5.41) is 35.0. The first-order valence-corrected chi connectivity index (χ1v) is 24.7. The molecule has 364 valence electrons. The molecule has 11 rings (SSSR count). The predicted molar refractivity (Wildman–Crippen MR) is 272 cm³/mol. The van der Waals surface area contributed by atoms with Crippen molar-refractivity contribution < 1.29 is 19.9 Å². The highest BCUT2D eigenvalue weighted by Gasteiger charge is 2.32. The number of fused-ring (bicyclic) bond motifs is 3. The van der Waals surface area contributed by atoms with E-state index in [1.807, 2.05) is 74.1 Å². The van der Waals surface area contributed by atoms with E-state index in [2.05, 4.69) is 58.9 Å². The number of nitrogens with zero attached hydrogens (tertiary/aromatic N) is 15. The Labute approximate surface area is 410 Å². The van der Waals surface area contributed by atoms with E-state index in [0.29, 0.717) is 59.6 Å². The third kappa shape index (κ3) is 8.63. The molecule has 6 aromatic heterocycles.